The van der Waals surface area contributed by atoms with Crippen LogP contribution in [0.15, 0.2) is 0 Å². The van der Waals surface area contributed by atoms with E-state index in [1.54, 1.807) is 0 Å². The van der Waals surface area contributed by atoms with E-state index in [4.69, 9.17) is 9.11 Å². The van der Waals surface area contributed by atoms with Crippen molar-refractivity contribution in [2.45, 2.75) is 18.3 Å². The van der Waals surface area contributed by atoms with Crippen molar-refractivity contribution in [2.24, 2.45) is 0 Å². The van der Waals surface area contributed by atoms with Crippen molar-refractivity contribution in [3.63, 3.8) is 0 Å². The Morgan fingerprint density at radius 3 is 2.00 bits per heavy atom. The van der Waals surface area contributed by atoms with Crippen LogP contribution in [0.5, 0.6) is 0 Å². The van der Waals surface area contributed by atoms with E-state index in [9.17, 15) is 21.8 Å². The second-order valence-electron chi connectivity index (χ2n) is 2.80. The second-order valence-corrected chi connectivity index (χ2v) is 6.06. The van der Waals surface area contributed by atoms with Gasteiger partial charge in [0.15, 0.2) is 0 Å². The van der Waals surface area contributed by atoms with Gasteiger partial charge in [-0.25, -0.2) is 8.60 Å². The van der Waals surface area contributed by atoms with Crippen LogP contribution in [-0.4, -0.2) is 37.2 Å². The molecule has 0 saturated carbocycles. The maximum absolute atomic E-state index is 11.8. The van der Waals surface area contributed by atoms with Gasteiger partial charge in [0.1, 0.15) is 12.4 Å². The molecule has 82 valence electrons. The Kier molecular flexibility index (Phi) is 3.12. The molecule has 0 saturated heterocycles. The van der Waals surface area contributed by atoms with Crippen molar-refractivity contribution in [2.75, 3.05) is 12.4 Å². The molecule has 0 aromatic heterocycles. The van der Waals surface area contributed by atoms with Crippen LogP contribution in [0, 0.1) is 0 Å². The van der Waals surface area contributed by atoms with Gasteiger partial charge in [0.2, 0.25) is 0 Å². The van der Waals surface area contributed by atoms with Crippen molar-refractivity contribution in [1.29, 1.82) is 0 Å². The van der Waals surface area contributed by atoms with Gasteiger partial charge in [0, 0.05) is 0 Å². The van der Waals surface area contributed by atoms with Gasteiger partial charge in [-0.15, -0.1) is 0 Å². The molecule has 0 heterocycles. The van der Waals surface area contributed by atoms with Crippen LogP contribution in [0.1, 0.15) is 6.92 Å². The van der Waals surface area contributed by atoms with E-state index in [1.807, 2.05) is 0 Å². The third-order valence-corrected chi connectivity index (χ3v) is 4.07. The molecule has 0 aliphatic rings. The molecule has 0 amide bonds. The molecule has 0 rings (SSSR count). The summed E-state index contributed by atoms with van der Waals surface area (Å²) in [5.74, 6) is -2.30. The molecular weight excluding hydrogens is 216 g/mol. The van der Waals surface area contributed by atoms with E-state index >= 15 is 0 Å². The summed E-state index contributed by atoms with van der Waals surface area (Å²) in [5, 5.41) is -1.95. The number of hydrogen-bond donors (Lipinski definition) is 2. The highest BCUT2D eigenvalue weighted by Gasteiger charge is 2.48. The summed E-state index contributed by atoms with van der Waals surface area (Å²) in [6.45, 7) is -0.755. The SMILES string of the molecule is CC(CF)S(=O)(O)(O)CC(F)(F)F. The first-order valence-corrected chi connectivity index (χ1v) is 5.34. The molecule has 8 heteroatoms. The van der Waals surface area contributed by atoms with Gasteiger partial charge >= 0.3 is 6.18 Å². The molecule has 0 aromatic carbocycles. The zero-order valence-electron chi connectivity index (χ0n) is 6.71. The lowest BCUT2D eigenvalue weighted by atomic mass is 10.5. The quantitative estimate of drug-likeness (QED) is 0.720. The van der Waals surface area contributed by atoms with Crippen molar-refractivity contribution in [3.8, 4) is 0 Å². The number of halogens is 4. The van der Waals surface area contributed by atoms with Crippen LogP contribution in [0.25, 0.3) is 0 Å². The Morgan fingerprint density at radius 2 is 1.77 bits per heavy atom. The minimum atomic E-state index is -5.91. The minimum absolute atomic E-state index is 0.737. The minimum Gasteiger partial charge on any atom is -0.307 e. The Bertz CT molecular complexity index is 243. The summed E-state index contributed by atoms with van der Waals surface area (Å²) in [7, 11) is -5.91. The smallest absolute Gasteiger partial charge is 0.307 e. The predicted molar refractivity (Wildman–Crippen MR) is 39.8 cm³/mol. The number of alkyl halides is 4. The van der Waals surface area contributed by atoms with Gasteiger partial charge in [0.25, 0.3) is 0 Å². The predicted octanol–water partition coefficient (Wildman–Crippen LogP) is 1.67. The van der Waals surface area contributed by atoms with Crippen LogP contribution in [0.4, 0.5) is 17.6 Å². The lowest BCUT2D eigenvalue weighted by molar-refractivity contribution is -0.109. The first-order chi connectivity index (χ1) is 5.46. The molecule has 0 aliphatic heterocycles. The summed E-state index contributed by atoms with van der Waals surface area (Å²) >= 11 is 0. The molecule has 1 atom stereocenters. The van der Waals surface area contributed by atoms with Crippen LogP contribution in [-0.2, 0) is 9.63 Å². The van der Waals surface area contributed by atoms with Crippen molar-refractivity contribution in [3.05, 3.63) is 0 Å². The summed E-state index contributed by atoms with van der Waals surface area (Å²) in [6, 6.07) is 0. The van der Waals surface area contributed by atoms with Gasteiger partial charge in [-0.3, -0.25) is 0 Å². The molecule has 2 N–H and O–H groups in total. The van der Waals surface area contributed by atoms with Crippen LogP contribution >= 0.6 is 0 Å². The van der Waals surface area contributed by atoms with Gasteiger partial charge in [0.05, 0.1) is 14.9 Å². The number of hydrogen-bond acceptors (Lipinski definition) is 1. The maximum Gasteiger partial charge on any atom is 0.402 e. The van der Waals surface area contributed by atoms with E-state index in [2.05, 4.69) is 0 Å². The lowest BCUT2D eigenvalue weighted by Crippen LogP contribution is -2.50. The van der Waals surface area contributed by atoms with Crippen molar-refractivity contribution in [1.82, 2.24) is 0 Å². The zero-order valence-corrected chi connectivity index (χ0v) is 7.53. The van der Waals surface area contributed by atoms with Gasteiger partial charge in [-0.1, -0.05) is 0 Å². The molecular formula is C5H10F4O3S. The van der Waals surface area contributed by atoms with Crippen LogP contribution in [0.2, 0.25) is 0 Å². The monoisotopic (exact) mass is 226 g/mol. The molecule has 13 heavy (non-hydrogen) atoms. The highest BCUT2D eigenvalue weighted by atomic mass is 32.3. The largest absolute Gasteiger partial charge is 0.402 e. The molecule has 0 fully saturated rings. The average molecular weight is 226 g/mol. The van der Waals surface area contributed by atoms with Gasteiger partial charge in [-0.05, 0) is 6.92 Å². The fourth-order valence-electron chi connectivity index (χ4n) is 0.577. The molecule has 3 nitrogen and oxygen atoms in total. The zero-order chi connectivity index (χ0) is 10.9. The number of rotatable bonds is 3. The van der Waals surface area contributed by atoms with E-state index < -0.39 is 33.5 Å². The highest BCUT2D eigenvalue weighted by molar-refractivity contribution is 8.10. The molecule has 0 aliphatic carbocycles. The molecule has 0 aromatic rings. The molecule has 0 bridgehead atoms. The lowest BCUT2D eigenvalue weighted by Gasteiger charge is -2.35. The molecule has 1 unspecified atom stereocenters. The van der Waals surface area contributed by atoms with E-state index in [0.717, 1.165) is 6.92 Å². The van der Waals surface area contributed by atoms with E-state index in [0.29, 0.717) is 0 Å². The van der Waals surface area contributed by atoms with E-state index in [-0.39, 0.29) is 0 Å². The van der Waals surface area contributed by atoms with Crippen LogP contribution in [0.3, 0.4) is 0 Å². The normalized spacial score (nSPS) is 19.2. The standard InChI is InChI=1S/C5H10F4O3S/c1-4(2-6)13(10,11,12)3-5(7,8)9/h4H,2-3H2,1H3,(H2,10,11,12). The van der Waals surface area contributed by atoms with E-state index in [1.165, 1.54) is 0 Å². The summed E-state index contributed by atoms with van der Waals surface area (Å²) < 4.78 is 75.2. The first-order valence-electron chi connectivity index (χ1n) is 3.23. The fourth-order valence-corrected chi connectivity index (χ4v) is 1.73. The summed E-state index contributed by atoms with van der Waals surface area (Å²) in [6.07, 6.45) is -5.00. The maximum atomic E-state index is 11.8. The van der Waals surface area contributed by atoms with Gasteiger partial charge in [-0.2, -0.15) is 13.2 Å². The summed E-state index contributed by atoms with van der Waals surface area (Å²) in [5.41, 5.74) is 0. The Morgan fingerprint density at radius 1 is 1.38 bits per heavy atom. The first kappa shape index (κ1) is 12.8. The van der Waals surface area contributed by atoms with Gasteiger partial charge < -0.3 is 9.11 Å². The van der Waals surface area contributed by atoms with Crippen molar-refractivity contribution >= 4 is 9.63 Å². The molecule has 0 radical (unpaired) electrons. The topological polar surface area (TPSA) is 57.5 Å². The average Bonchev–Trinajstić information content (AvgIpc) is 1.78. The summed E-state index contributed by atoms with van der Waals surface area (Å²) in [4.78, 5) is 0. The third kappa shape index (κ3) is 4.01. The molecule has 0 spiro atoms. The Balaban J connectivity index is 4.81. The third-order valence-electron chi connectivity index (χ3n) is 1.46. The Hall–Kier alpha value is -0.210. The Labute approximate surface area is 72.2 Å². The fraction of sp³-hybridized carbons (Fsp3) is 1.00. The van der Waals surface area contributed by atoms with Crippen LogP contribution < -0.4 is 0 Å². The second kappa shape index (κ2) is 3.18. The van der Waals surface area contributed by atoms with Crippen molar-refractivity contribution < 1.29 is 30.9 Å². The highest BCUT2D eigenvalue weighted by Crippen LogP contribution is 2.31.